The van der Waals surface area contributed by atoms with Crippen molar-refractivity contribution in [2.75, 3.05) is 20.2 Å². The molecule has 12 heteroatoms. The van der Waals surface area contributed by atoms with Crippen LogP contribution in [0.25, 0.3) is 0 Å². The number of sulfonamides is 1. The molecule has 4 N–H and O–H groups in total. The highest BCUT2D eigenvalue weighted by Gasteiger charge is 2.33. The number of aliphatic hydroxyl groups excluding tert-OH is 2. The molecule has 11 nitrogen and oxygen atoms in total. The van der Waals surface area contributed by atoms with Crippen molar-refractivity contribution in [2.24, 2.45) is 5.92 Å². The Hall–Kier alpha value is -3.97. The van der Waals surface area contributed by atoms with E-state index in [0.717, 1.165) is 5.56 Å². The first-order valence-electron chi connectivity index (χ1n) is 16.6. The zero-order chi connectivity index (χ0) is 35.9. The number of alkyl carbamates (subject to hydrolysis) is 1. The first kappa shape index (κ1) is 37.8. The molecule has 0 radical (unpaired) electrons. The van der Waals surface area contributed by atoms with Crippen molar-refractivity contribution in [2.45, 2.75) is 88.7 Å². The molecule has 0 saturated carbocycles. The van der Waals surface area contributed by atoms with E-state index in [0.29, 0.717) is 29.7 Å². The highest BCUT2D eigenvalue weighted by atomic mass is 32.2. The van der Waals surface area contributed by atoms with Gasteiger partial charge in [0.15, 0.2) is 0 Å². The van der Waals surface area contributed by atoms with Crippen molar-refractivity contribution >= 4 is 22.0 Å². The van der Waals surface area contributed by atoms with Gasteiger partial charge < -0.3 is 30.3 Å². The molecule has 0 fully saturated rings. The fourth-order valence-electron chi connectivity index (χ4n) is 5.87. The Balaban J connectivity index is 1.61. The number of amides is 2. The molecular weight excluding hydrogens is 646 g/mol. The molecule has 3 aromatic rings. The van der Waals surface area contributed by atoms with E-state index in [1.54, 1.807) is 51.1 Å². The Labute approximate surface area is 289 Å². The van der Waals surface area contributed by atoms with E-state index >= 15 is 0 Å². The van der Waals surface area contributed by atoms with Gasteiger partial charge in [0.05, 0.1) is 36.3 Å². The van der Waals surface area contributed by atoms with Gasteiger partial charge in [-0.25, -0.2) is 13.2 Å². The quantitative estimate of drug-likeness (QED) is 0.192. The van der Waals surface area contributed by atoms with Crippen LogP contribution < -0.4 is 15.4 Å². The first-order valence-corrected chi connectivity index (χ1v) is 18.0. The predicted molar refractivity (Wildman–Crippen MR) is 187 cm³/mol. The molecule has 49 heavy (non-hydrogen) atoms. The standard InChI is InChI=1S/C37H49N3O8S/c1-24(2)22-40(49(45,46)28-15-13-27(47-6)14-16-28)23-34(42)32(20-25-10-8-7-9-11-25)38-35(43)26-12-17-29-30(21-26)31(18-19-33(29)41)39-36(44)48-37(3,4)5/h7-17,21,24,31-34,41-42H,18-20,22-23H2,1-6H3,(H,38,43)(H,39,44)/t31-,32-,33-,34+/m0/s1. The summed E-state index contributed by atoms with van der Waals surface area (Å²) in [5.41, 5.74) is 1.62. The van der Waals surface area contributed by atoms with Crippen molar-refractivity contribution in [3.63, 3.8) is 0 Å². The third-order valence-electron chi connectivity index (χ3n) is 8.24. The van der Waals surface area contributed by atoms with E-state index in [2.05, 4.69) is 10.6 Å². The van der Waals surface area contributed by atoms with E-state index in [4.69, 9.17) is 9.47 Å². The van der Waals surface area contributed by atoms with Crippen LogP contribution in [0.15, 0.2) is 77.7 Å². The average molecular weight is 696 g/mol. The minimum atomic E-state index is -4.01. The smallest absolute Gasteiger partial charge is 0.408 e. The van der Waals surface area contributed by atoms with Crippen LogP contribution in [0.5, 0.6) is 5.75 Å². The lowest BCUT2D eigenvalue weighted by Gasteiger charge is -2.32. The number of carbonyl (C=O) groups is 2. The third kappa shape index (κ3) is 10.3. The minimum absolute atomic E-state index is 0.0459. The van der Waals surface area contributed by atoms with E-state index in [1.807, 2.05) is 44.2 Å². The normalized spacial score (nSPS) is 17.6. The van der Waals surface area contributed by atoms with Gasteiger partial charge in [0.2, 0.25) is 10.0 Å². The van der Waals surface area contributed by atoms with Crippen LogP contribution >= 0.6 is 0 Å². The number of ether oxygens (including phenoxy) is 2. The van der Waals surface area contributed by atoms with Crippen molar-refractivity contribution in [1.29, 1.82) is 0 Å². The summed E-state index contributed by atoms with van der Waals surface area (Å²) in [4.78, 5) is 26.5. The van der Waals surface area contributed by atoms with Gasteiger partial charge in [-0.1, -0.05) is 50.2 Å². The van der Waals surface area contributed by atoms with Crippen LogP contribution in [0.1, 0.15) is 86.7 Å². The zero-order valence-electron chi connectivity index (χ0n) is 29.0. The summed E-state index contributed by atoms with van der Waals surface area (Å²) >= 11 is 0. The number of benzene rings is 3. The number of methoxy groups -OCH3 is 1. The molecule has 2 amide bonds. The van der Waals surface area contributed by atoms with Gasteiger partial charge in [0, 0.05) is 18.7 Å². The number of hydrogen-bond donors (Lipinski definition) is 4. The molecule has 0 saturated heterocycles. The van der Waals surface area contributed by atoms with Gasteiger partial charge in [-0.15, -0.1) is 0 Å². The largest absolute Gasteiger partial charge is 0.497 e. The lowest BCUT2D eigenvalue weighted by molar-refractivity contribution is 0.0485. The summed E-state index contributed by atoms with van der Waals surface area (Å²) < 4.78 is 39.5. The molecule has 4 rings (SSSR count). The van der Waals surface area contributed by atoms with Crippen LogP contribution in [-0.4, -0.2) is 72.9 Å². The lowest BCUT2D eigenvalue weighted by atomic mass is 9.84. The third-order valence-corrected chi connectivity index (χ3v) is 10.1. The minimum Gasteiger partial charge on any atom is -0.497 e. The van der Waals surface area contributed by atoms with Crippen LogP contribution in [0, 0.1) is 5.92 Å². The van der Waals surface area contributed by atoms with Crippen molar-refractivity contribution in [3.8, 4) is 5.75 Å². The molecule has 1 aliphatic rings. The van der Waals surface area contributed by atoms with E-state index in [1.165, 1.54) is 23.5 Å². The fraction of sp³-hybridized carbons (Fsp3) is 0.459. The number of rotatable bonds is 13. The summed E-state index contributed by atoms with van der Waals surface area (Å²) in [6.45, 7) is 8.98. The highest BCUT2D eigenvalue weighted by molar-refractivity contribution is 7.89. The van der Waals surface area contributed by atoms with Crippen LogP contribution in [-0.2, 0) is 21.2 Å². The second-order valence-electron chi connectivity index (χ2n) is 13.9. The van der Waals surface area contributed by atoms with E-state index in [-0.39, 0.29) is 35.9 Å². The van der Waals surface area contributed by atoms with Crippen molar-refractivity contribution in [3.05, 3.63) is 95.1 Å². The van der Waals surface area contributed by atoms with Gasteiger partial charge in [0.1, 0.15) is 11.4 Å². The number of hydrogen-bond acceptors (Lipinski definition) is 8. The fourth-order valence-corrected chi connectivity index (χ4v) is 7.49. The van der Waals surface area contributed by atoms with Crippen molar-refractivity contribution in [1.82, 2.24) is 14.9 Å². The van der Waals surface area contributed by atoms with E-state index < -0.39 is 51.9 Å². The molecule has 0 unspecified atom stereocenters. The van der Waals surface area contributed by atoms with Crippen LogP contribution in [0.3, 0.4) is 0 Å². The number of carbonyl (C=O) groups excluding carboxylic acids is 2. The zero-order valence-corrected chi connectivity index (χ0v) is 29.9. The van der Waals surface area contributed by atoms with Gasteiger partial charge >= 0.3 is 6.09 Å². The molecular formula is C37H49N3O8S. The van der Waals surface area contributed by atoms with E-state index in [9.17, 15) is 28.2 Å². The summed E-state index contributed by atoms with van der Waals surface area (Å²) in [7, 11) is -2.51. The average Bonchev–Trinajstić information content (AvgIpc) is 3.04. The van der Waals surface area contributed by atoms with Crippen molar-refractivity contribution < 1.29 is 37.7 Å². The number of fused-ring (bicyclic) bond motifs is 1. The second-order valence-corrected chi connectivity index (χ2v) is 15.8. The molecule has 0 aliphatic heterocycles. The SMILES string of the molecule is COc1ccc(S(=O)(=O)N(CC(C)C)C[C@@H](O)[C@H](Cc2ccccc2)NC(=O)c2ccc3c(c2)[C@@H](NC(=O)OC(C)(C)C)CC[C@@H]3O)cc1. The molecule has 0 bridgehead atoms. The molecule has 0 aromatic heterocycles. The van der Waals surface area contributed by atoms with Gasteiger partial charge in [-0.2, -0.15) is 4.31 Å². The highest BCUT2D eigenvalue weighted by Crippen LogP contribution is 2.37. The molecule has 0 heterocycles. The Bertz CT molecular complexity index is 1670. The molecule has 4 atom stereocenters. The Morgan fingerprint density at radius 2 is 1.63 bits per heavy atom. The Morgan fingerprint density at radius 1 is 0.959 bits per heavy atom. The number of aliphatic hydroxyl groups is 2. The monoisotopic (exact) mass is 695 g/mol. The predicted octanol–water partition coefficient (Wildman–Crippen LogP) is 5.14. The lowest BCUT2D eigenvalue weighted by Crippen LogP contribution is -2.51. The second kappa shape index (κ2) is 16.2. The molecule has 3 aromatic carbocycles. The summed E-state index contributed by atoms with van der Waals surface area (Å²) in [6.07, 6.45) is -1.53. The summed E-state index contributed by atoms with van der Waals surface area (Å²) in [6, 6.07) is 18.9. The molecule has 0 spiro atoms. The Morgan fingerprint density at radius 3 is 2.24 bits per heavy atom. The summed E-state index contributed by atoms with van der Waals surface area (Å²) in [5.74, 6) is -0.0218. The molecule has 1 aliphatic carbocycles. The Kier molecular flexibility index (Phi) is 12.5. The van der Waals surface area contributed by atoms with Gasteiger partial charge in [-0.3, -0.25) is 4.79 Å². The maximum absolute atomic E-state index is 13.8. The maximum Gasteiger partial charge on any atom is 0.408 e. The van der Waals surface area contributed by atoms with Gasteiger partial charge in [0.25, 0.3) is 5.91 Å². The van der Waals surface area contributed by atoms with Crippen LogP contribution in [0.4, 0.5) is 4.79 Å². The maximum atomic E-state index is 13.8. The van der Waals surface area contributed by atoms with Gasteiger partial charge in [-0.05, 0) is 99.0 Å². The summed E-state index contributed by atoms with van der Waals surface area (Å²) in [5, 5.41) is 28.2. The molecule has 266 valence electrons. The topological polar surface area (TPSA) is 154 Å². The number of nitrogens with one attached hydrogen (secondary N) is 2. The first-order chi connectivity index (χ1) is 23.1. The van der Waals surface area contributed by atoms with Crippen LogP contribution in [0.2, 0.25) is 0 Å². The number of nitrogens with zero attached hydrogens (tertiary/aromatic N) is 1.